The largest absolute Gasteiger partial charge is 0.384 e. The normalized spacial score (nSPS) is 17.8. The molecule has 35 heavy (non-hydrogen) atoms. The third kappa shape index (κ3) is 5.69. The summed E-state index contributed by atoms with van der Waals surface area (Å²) in [7, 11) is 0. The number of piperidine rings is 1. The predicted molar refractivity (Wildman–Crippen MR) is 140 cm³/mol. The molecular weight excluding hydrogens is 482 g/mol. The molecule has 2 saturated heterocycles. The average molecular weight is 508 g/mol. The molecule has 5 rings (SSSR count). The van der Waals surface area contributed by atoms with Crippen LogP contribution >= 0.6 is 23.1 Å². The number of imide groups is 1. The van der Waals surface area contributed by atoms with Crippen LogP contribution in [0.15, 0.2) is 46.1 Å². The Bertz CT molecular complexity index is 1250. The summed E-state index contributed by atoms with van der Waals surface area (Å²) in [5, 5.41) is 9.64. The molecule has 2 aliphatic heterocycles. The first-order valence-electron chi connectivity index (χ1n) is 11.4. The number of carbonyl (C=O) groups is 2. The van der Waals surface area contributed by atoms with E-state index >= 15 is 0 Å². The van der Waals surface area contributed by atoms with Crippen LogP contribution in [0.3, 0.4) is 0 Å². The number of aromatic nitrogens is 3. The highest BCUT2D eigenvalue weighted by Gasteiger charge is 2.26. The van der Waals surface area contributed by atoms with Crippen molar-refractivity contribution in [2.75, 3.05) is 30.3 Å². The van der Waals surface area contributed by atoms with Gasteiger partial charge in [-0.3, -0.25) is 14.9 Å². The van der Waals surface area contributed by atoms with Gasteiger partial charge in [0, 0.05) is 36.8 Å². The van der Waals surface area contributed by atoms with E-state index < -0.39 is 0 Å². The highest BCUT2D eigenvalue weighted by Crippen LogP contribution is 2.27. The lowest BCUT2D eigenvalue weighted by molar-refractivity contribution is -0.115. The second kappa shape index (κ2) is 10.5. The van der Waals surface area contributed by atoms with Crippen molar-refractivity contribution in [1.82, 2.24) is 25.6 Å². The number of nitrogens with zero attached hydrogens (tertiary/aromatic N) is 4. The maximum atomic E-state index is 11.8. The SMILES string of the molecule is Nc1ccc(CNCC2CCN(c3nccc(/C=C4\SC(=O)NC4=O)n3)CC2)c(-c2ccsc2)n1. The molecule has 2 fully saturated rings. The molecule has 0 spiro atoms. The van der Waals surface area contributed by atoms with Crippen LogP contribution in [0.25, 0.3) is 17.3 Å². The zero-order valence-electron chi connectivity index (χ0n) is 18.9. The number of hydrogen-bond donors (Lipinski definition) is 3. The van der Waals surface area contributed by atoms with E-state index in [-0.39, 0.29) is 11.1 Å². The van der Waals surface area contributed by atoms with Crippen molar-refractivity contribution >= 4 is 52.1 Å². The van der Waals surface area contributed by atoms with E-state index in [9.17, 15) is 9.59 Å². The van der Waals surface area contributed by atoms with E-state index in [4.69, 9.17) is 5.73 Å². The summed E-state index contributed by atoms with van der Waals surface area (Å²) < 4.78 is 0. The fourth-order valence-electron chi connectivity index (χ4n) is 4.19. The van der Waals surface area contributed by atoms with E-state index in [0.717, 1.165) is 67.6 Å². The van der Waals surface area contributed by atoms with Gasteiger partial charge in [0.2, 0.25) is 5.95 Å². The van der Waals surface area contributed by atoms with E-state index in [2.05, 4.69) is 41.9 Å². The first kappa shape index (κ1) is 23.5. The summed E-state index contributed by atoms with van der Waals surface area (Å²) in [5.74, 6) is 1.36. The number of rotatable bonds is 7. The number of thiophene rings is 1. The number of nitrogens with two attached hydrogens (primary N) is 1. The number of amides is 2. The van der Waals surface area contributed by atoms with Crippen LogP contribution in [0.4, 0.5) is 16.6 Å². The van der Waals surface area contributed by atoms with Crippen molar-refractivity contribution in [3.63, 3.8) is 0 Å². The van der Waals surface area contributed by atoms with Crippen molar-refractivity contribution < 1.29 is 9.59 Å². The monoisotopic (exact) mass is 507 g/mol. The molecule has 4 N–H and O–H groups in total. The molecule has 180 valence electrons. The quantitative estimate of drug-likeness (QED) is 0.412. The molecule has 3 aromatic heterocycles. The summed E-state index contributed by atoms with van der Waals surface area (Å²) in [6.45, 7) is 3.40. The molecule has 0 aromatic carbocycles. The number of thioether (sulfide) groups is 1. The second-order valence-electron chi connectivity index (χ2n) is 8.45. The first-order chi connectivity index (χ1) is 17.0. The Morgan fingerprint density at radius 2 is 2.03 bits per heavy atom. The minimum absolute atomic E-state index is 0.350. The molecule has 0 saturated carbocycles. The van der Waals surface area contributed by atoms with Crippen LogP contribution in [0.1, 0.15) is 24.1 Å². The van der Waals surface area contributed by atoms with Crippen LogP contribution in [-0.4, -0.2) is 45.7 Å². The van der Waals surface area contributed by atoms with Crippen LogP contribution in [0, 0.1) is 5.92 Å². The minimum atomic E-state index is -0.384. The molecule has 0 aliphatic carbocycles. The van der Waals surface area contributed by atoms with Crippen LogP contribution in [-0.2, 0) is 11.3 Å². The average Bonchev–Trinajstić information content (AvgIpc) is 3.50. The standard InChI is InChI=1S/C24H25N7O2S2/c25-20-2-1-16(21(29-20)17-6-10-34-14-17)13-26-12-15-4-8-31(9-5-15)23-27-7-3-18(28-23)11-19-22(32)30-24(33)35-19/h1-3,6-7,10-11,14-15,26H,4-5,8-9,12-13H2,(H2,25,29)(H,30,32,33)/b19-11-. The van der Waals surface area contributed by atoms with Gasteiger partial charge in [-0.15, -0.1) is 0 Å². The molecule has 0 atom stereocenters. The van der Waals surface area contributed by atoms with Crippen molar-refractivity contribution in [3.8, 4) is 11.3 Å². The fraction of sp³-hybridized carbons (Fsp3) is 0.292. The van der Waals surface area contributed by atoms with Gasteiger partial charge in [0.05, 0.1) is 16.3 Å². The summed E-state index contributed by atoms with van der Waals surface area (Å²) in [6.07, 6.45) is 5.38. The third-order valence-electron chi connectivity index (χ3n) is 6.03. The van der Waals surface area contributed by atoms with Crippen molar-refractivity contribution in [2.45, 2.75) is 19.4 Å². The molecule has 0 bridgehead atoms. The first-order valence-corrected chi connectivity index (χ1v) is 13.1. The van der Waals surface area contributed by atoms with Crippen molar-refractivity contribution in [2.24, 2.45) is 5.92 Å². The number of pyridine rings is 1. The molecule has 0 unspecified atom stereocenters. The lowest BCUT2D eigenvalue weighted by Crippen LogP contribution is -2.38. The van der Waals surface area contributed by atoms with Crippen LogP contribution in [0.2, 0.25) is 0 Å². The summed E-state index contributed by atoms with van der Waals surface area (Å²) >= 11 is 2.54. The highest BCUT2D eigenvalue weighted by molar-refractivity contribution is 8.18. The molecule has 2 aliphatic rings. The predicted octanol–water partition coefficient (Wildman–Crippen LogP) is 3.51. The van der Waals surface area contributed by atoms with Crippen LogP contribution < -0.4 is 21.3 Å². The maximum Gasteiger partial charge on any atom is 0.290 e. The van der Waals surface area contributed by atoms with Gasteiger partial charge in [-0.25, -0.2) is 15.0 Å². The zero-order valence-corrected chi connectivity index (χ0v) is 20.6. The summed E-state index contributed by atoms with van der Waals surface area (Å²) in [6, 6.07) is 7.71. The van der Waals surface area contributed by atoms with Gasteiger partial charge in [-0.1, -0.05) is 6.07 Å². The van der Waals surface area contributed by atoms with E-state index in [1.165, 1.54) is 0 Å². The van der Waals surface area contributed by atoms with Crippen molar-refractivity contribution in [1.29, 1.82) is 0 Å². The Labute approximate surface area is 211 Å². The van der Waals surface area contributed by atoms with E-state index in [0.29, 0.717) is 28.3 Å². The Morgan fingerprint density at radius 3 is 2.77 bits per heavy atom. The third-order valence-corrected chi connectivity index (χ3v) is 7.52. The van der Waals surface area contributed by atoms with Gasteiger partial charge in [-0.05, 0) is 72.3 Å². The van der Waals surface area contributed by atoms with Crippen LogP contribution in [0.5, 0.6) is 0 Å². The number of nitrogens with one attached hydrogen (secondary N) is 2. The molecule has 2 amide bonds. The lowest BCUT2D eigenvalue weighted by Gasteiger charge is -2.32. The second-order valence-corrected chi connectivity index (χ2v) is 10.2. The lowest BCUT2D eigenvalue weighted by atomic mass is 9.97. The van der Waals surface area contributed by atoms with Gasteiger partial charge < -0.3 is 16.0 Å². The summed E-state index contributed by atoms with van der Waals surface area (Å²) in [5.41, 5.74) is 9.73. The number of nitrogen functional groups attached to an aromatic ring is 1. The number of hydrogen-bond acceptors (Lipinski definition) is 10. The Morgan fingerprint density at radius 1 is 1.17 bits per heavy atom. The van der Waals surface area contributed by atoms with Gasteiger partial charge >= 0.3 is 0 Å². The van der Waals surface area contributed by atoms with Gasteiger partial charge in [-0.2, -0.15) is 11.3 Å². The van der Waals surface area contributed by atoms with E-state index in [1.54, 1.807) is 29.7 Å². The number of anilines is 2. The maximum absolute atomic E-state index is 11.8. The fourth-order valence-corrected chi connectivity index (χ4v) is 5.50. The number of carbonyl (C=O) groups excluding carboxylic acids is 2. The van der Waals surface area contributed by atoms with Gasteiger partial charge in [0.1, 0.15) is 5.82 Å². The minimum Gasteiger partial charge on any atom is -0.384 e. The summed E-state index contributed by atoms with van der Waals surface area (Å²) in [4.78, 5) is 39.2. The van der Waals surface area contributed by atoms with E-state index in [1.807, 2.05) is 17.5 Å². The zero-order chi connectivity index (χ0) is 24.2. The Balaban J connectivity index is 1.14. The molecule has 5 heterocycles. The molecule has 11 heteroatoms. The molecule has 3 aromatic rings. The van der Waals surface area contributed by atoms with Crippen molar-refractivity contribution in [3.05, 3.63) is 57.4 Å². The topological polar surface area (TPSA) is 126 Å². The van der Waals surface area contributed by atoms with Gasteiger partial charge in [0.25, 0.3) is 11.1 Å². The molecule has 0 radical (unpaired) electrons. The Kier molecular flexibility index (Phi) is 7.07. The van der Waals surface area contributed by atoms with Gasteiger partial charge in [0.15, 0.2) is 0 Å². The Hall–Kier alpha value is -3.28. The smallest absolute Gasteiger partial charge is 0.290 e. The molecule has 9 nitrogen and oxygen atoms in total. The highest BCUT2D eigenvalue weighted by atomic mass is 32.2. The molecular formula is C24H25N7O2S2.